The van der Waals surface area contributed by atoms with Crippen molar-refractivity contribution in [1.82, 2.24) is 0 Å². The summed E-state index contributed by atoms with van der Waals surface area (Å²) in [6.45, 7) is 1.08. The number of fused-ring (bicyclic) bond motifs is 3. The standard InChI is InChI=1S/C13H14N2O2S/c16-13(17)9-6-8-2-3-10-12(11(8)15-7-9)14-4-1-5-18-10/h1,3,5,8-9H,2,4,6-7H2,(H,16,17). The molecule has 1 aliphatic carbocycles. The fraction of sp³-hybridized carbons (Fsp3) is 0.462. The smallest absolute Gasteiger partial charge is 0.308 e. The molecule has 3 rings (SSSR count). The van der Waals surface area contributed by atoms with Crippen LogP contribution in [0.4, 0.5) is 0 Å². The quantitative estimate of drug-likeness (QED) is 0.787. The number of carbonyl (C=O) groups is 1. The summed E-state index contributed by atoms with van der Waals surface area (Å²) in [5.74, 6) is -0.821. The number of thioether (sulfide) groups is 1. The Balaban J connectivity index is 1.91. The van der Waals surface area contributed by atoms with Crippen LogP contribution in [-0.2, 0) is 4.79 Å². The maximum Gasteiger partial charge on any atom is 0.308 e. The molecule has 94 valence electrons. The van der Waals surface area contributed by atoms with Crippen LogP contribution in [0.5, 0.6) is 0 Å². The predicted octanol–water partition coefficient (Wildman–Crippen LogP) is 2.14. The predicted molar refractivity (Wildman–Crippen MR) is 73.3 cm³/mol. The van der Waals surface area contributed by atoms with Crippen LogP contribution < -0.4 is 0 Å². The molecule has 0 fully saturated rings. The van der Waals surface area contributed by atoms with E-state index in [0.717, 1.165) is 17.8 Å². The van der Waals surface area contributed by atoms with Gasteiger partial charge in [0.25, 0.3) is 0 Å². The second-order valence-corrected chi connectivity index (χ2v) is 5.62. The Labute approximate surface area is 110 Å². The van der Waals surface area contributed by atoms with Crippen LogP contribution in [0.3, 0.4) is 0 Å². The molecule has 5 heteroatoms. The highest BCUT2D eigenvalue weighted by Crippen LogP contribution is 2.34. The van der Waals surface area contributed by atoms with E-state index in [-0.39, 0.29) is 11.8 Å². The lowest BCUT2D eigenvalue weighted by atomic mass is 9.81. The van der Waals surface area contributed by atoms with Gasteiger partial charge in [-0.05, 0) is 18.2 Å². The Kier molecular flexibility index (Phi) is 3.07. The minimum Gasteiger partial charge on any atom is -0.481 e. The lowest BCUT2D eigenvalue weighted by molar-refractivity contribution is -0.141. The summed E-state index contributed by atoms with van der Waals surface area (Å²) < 4.78 is 0. The summed E-state index contributed by atoms with van der Waals surface area (Å²) in [6.07, 6.45) is 5.79. The average Bonchev–Trinajstić information content (AvgIpc) is 2.63. The van der Waals surface area contributed by atoms with Crippen molar-refractivity contribution in [3.63, 3.8) is 0 Å². The fourth-order valence-corrected chi connectivity index (χ4v) is 3.37. The van der Waals surface area contributed by atoms with Gasteiger partial charge in [0.15, 0.2) is 0 Å². The Morgan fingerprint density at radius 3 is 3.17 bits per heavy atom. The van der Waals surface area contributed by atoms with Crippen molar-refractivity contribution in [3.05, 3.63) is 22.5 Å². The van der Waals surface area contributed by atoms with Crippen molar-refractivity contribution in [2.45, 2.75) is 12.8 Å². The topological polar surface area (TPSA) is 62.0 Å². The lowest BCUT2D eigenvalue weighted by Crippen LogP contribution is -2.36. The third-order valence-corrected chi connectivity index (χ3v) is 4.44. The number of carboxylic acids is 1. The number of nitrogens with zero attached hydrogens (tertiary/aromatic N) is 2. The van der Waals surface area contributed by atoms with Crippen molar-refractivity contribution in [3.8, 4) is 0 Å². The van der Waals surface area contributed by atoms with Crippen LogP contribution in [0, 0.1) is 11.8 Å². The highest BCUT2D eigenvalue weighted by Gasteiger charge is 2.35. The highest BCUT2D eigenvalue weighted by atomic mass is 32.2. The molecule has 2 atom stereocenters. The maximum absolute atomic E-state index is 11.0. The second-order valence-electron chi connectivity index (χ2n) is 4.68. The van der Waals surface area contributed by atoms with E-state index in [9.17, 15) is 4.79 Å². The molecule has 0 saturated heterocycles. The molecule has 2 unspecified atom stereocenters. The SMILES string of the molecule is O=C(O)C1CN=C2C3=NCC=CSC3=CCC2C1. The lowest BCUT2D eigenvalue weighted by Gasteiger charge is -2.30. The van der Waals surface area contributed by atoms with E-state index in [2.05, 4.69) is 21.5 Å². The molecular weight excluding hydrogens is 248 g/mol. The molecular formula is C13H14N2O2S. The third-order valence-electron chi connectivity index (χ3n) is 3.50. The van der Waals surface area contributed by atoms with Gasteiger partial charge in [0.05, 0.1) is 30.4 Å². The normalized spacial score (nSPS) is 30.3. The molecule has 0 amide bonds. The molecule has 3 aliphatic rings. The monoisotopic (exact) mass is 262 g/mol. The number of hydrogen-bond acceptors (Lipinski definition) is 4. The maximum atomic E-state index is 11.0. The van der Waals surface area contributed by atoms with Crippen molar-refractivity contribution in [1.29, 1.82) is 0 Å². The zero-order valence-corrected chi connectivity index (χ0v) is 10.7. The first-order chi connectivity index (χ1) is 8.75. The number of aliphatic carboxylic acids is 1. The Bertz CT molecular complexity index is 505. The van der Waals surface area contributed by atoms with Crippen molar-refractivity contribution in [2.75, 3.05) is 13.1 Å². The minimum absolute atomic E-state index is 0.237. The fourth-order valence-electron chi connectivity index (χ4n) is 2.57. The van der Waals surface area contributed by atoms with Crippen LogP contribution in [0.25, 0.3) is 0 Å². The zero-order valence-electron chi connectivity index (χ0n) is 9.87. The molecule has 2 aliphatic heterocycles. The van der Waals surface area contributed by atoms with Crippen LogP contribution in [0.1, 0.15) is 12.8 Å². The molecule has 0 aromatic heterocycles. The molecule has 0 saturated carbocycles. The number of hydrogen-bond donors (Lipinski definition) is 1. The molecule has 0 radical (unpaired) electrons. The summed E-state index contributed by atoms with van der Waals surface area (Å²) in [5.41, 5.74) is 2.02. The molecule has 4 nitrogen and oxygen atoms in total. The zero-order chi connectivity index (χ0) is 12.5. The first kappa shape index (κ1) is 11.7. The number of allylic oxidation sites excluding steroid dienone is 2. The van der Waals surface area contributed by atoms with E-state index in [4.69, 9.17) is 5.11 Å². The third kappa shape index (κ3) is 2.03. The highest BCUT2D eigenvalue weighted by molar-refractivity contribution is 8.06. The number of carboxylic acid groups (broad SMARTS) is 1. The van der Waals surface area contributed by atoms with Gasteiger partial charge in [0.2, 0.25) is 0 Å². The van der Waals surface area contributed by atoms with Gasteiger partial charge in [0, 0.05) is 10.8 Å². The van der Waals surface area contributed by atoms with E-state index in [1.54, 1.807) is 11.8 Å². The van der Waals surface area contributed by atoms with Crippen molar-refractivity contribution < 1.29 is 9.90 Å². The van der Waals surface area contributed by atoms with E-state index in [0.29, 0.717) is 19.5 Å². The Hall–Kier alpha value is -1.36. The largest absolute Gasteiger partial charge is 0.481 e. The average molecular weight is 262 g/mol. The van der Waals surface area contributed by atoms with Crippen LogP contribution in [0.2, 0.25) is 0 Å². The first-order valence-electron chi connectivity index (χ1n) is 6.10. The van der Waals surface area contributed by atoms with E-state index >= 15 is 0 Å². The van der Waals surface area contributed by atoms with Gasteiger partial charge < -0.3 is 5.11 Å². The van der Waals surface area contributed by atoms with Gasteiger partial charge in [-0.2, -0.15) is 0 Å². The Morgan fingerprint density at radius 1 is 1.44 bits per heavy atom. The summed E-state index contributed by atoms with van der Waals surface area (Å²) in [4.78, 5) is 21.3. The van der Waals surface area contributed by atoms with Gasteiger partial charge in [0.1, 0.15) is 0 Å². The summed E-state index contributed by atoms with van der Waals surface area (Å²) in [5, 5.41) is 11.1. The van der Waals surface area contributed by atoms with E-state index in [1.165, 1.54) is 4.91 Å². The van der Waals surface area contributed by atoms with Gasteiger partial charge >= 0.3 is 5.97 Å². The molecule has 1 N–H and O–H groups in total. The summed E-state index contributed by atoms with van der Waals surface area (Å²) in [7, 11) is 0. The van der Waals surface area contributed by atoms with Crippen molar-refractivity contribution >= 4 is 29.2 Å². The molecule has 0 aromatic carbocycles. The van der Waals surface area contributed by atoms with Crippen LogP contribution >= 0.6 is 11.8 Å². The molecule has 0 aromatic rings. The van der Waals surface area contributed by atoms with Gasteiger partial charge in [-0.25, -0.2) is 0 Å². The molecule has 18 heavy (non-hydrogen) atoms. The summed E-state index contributed by atoms with van der Waals surface area (Å²) in [6, 6.07) is 0. The number of rotatable bonds is 1. The van der Waals surface area contributed by atoms with Gasteiger partial charge in [-0.15, -0.1) is 0 Å². The van der Waals surface area contributed by atoms with Gasteiger partial charge in [-0.1, -0.05) is 23.9 Å². The molecule has 0 spiro atoms. The van der Waals surface area contributed by atoms with Gasteiger partial charge in [-0.3, -0.25) is 14.8 Å². The second kappa shape index (κ2) is 4.72. The van der Waals surface area contributed by atoms with E-state index < -0.39 is 5.97 Å². The number of aliphatic imine (C=N–C) groups is 2. The first-order valence-corrected chi connectivity index (χ1v) is 6.98. The summed E-state index contributed by atoms with van der Waals surface area (Å²) >= 11 is 1.68. The molecule has 0 bridgehead atoms. The minimum atomic E-state index is -0.730. The van der Waals surface area contributed by atoms with Crippen LogP contribution in [0.15, 0.2) is 32.5 Å². The van der Waals surface area contributed by atoms with Crippen molar-refractivity contribution in [2.24, 2.45) is 21.8 Å². The Morgan fingerprint density at radius 2 is 2.33 bits per heavy atom. The van der Waals surface area contributed by atoms with E-state index in [1.807, 2.05) is 6.08 Å². The van der Waals surface area contributed by atoms with Crippen LogP contribution in [-0.4, -0.2) is 35.6 Å². The molecule has 2 heterocycles.